The molecule has 2 fully saturated rings. The number of alkyl halides is 6. The maximum Gasteiger partial charge on any atom is 0.416 e. The van der Waals surface area contributed by atoms with E-state index >= 15 is 0 Å². The number of aryl methyl sites for hydroxylation is 2. The monoisotopic (exact) mass is 870 g/mol. The molecular weight excluding hydrogens is 815 g/mol. The fourth-order valence-corrected chi connectivity index (χ4v) is 8.00. The lowest BCUT2D eigenvalue weighted by molar-refractivity contribution is -0.140. The number of β-amino-alcohol motifs (C(OH)–C–C–N with tert-alkyl or cyclic N) is 2. The standard InChI is InChI=1S/2C24H28F3NO3/c2*1-16-11-19(13-21(12-16)24(25,26)27)17(2)31-15-22(20-7-5-4-6-8-20)9-10-23(30,14-28-22)18(3)29/h2*4-8,11-13,17,28,30H,9-10,14-15H2,1-3H3/t2*17-,22-,23?/m11/s1. The molecule has 6 rings (SSSR count). The third-order valence-electron chi connectivity index (χ3n) is 12.3. The second-order valence-electron chi connectivity index (χ2n) is 16.9. The highest BCUT2D eigenvalue weighted by molar-refractivity contribution is 5.85. The number of ketones is 2. The molecule has 0 radical (unpaired) electrons. The first-order chi connectivity index (χ1) is 28.9. The molecule has 62 heavy (non-hydrogen) atoms. The van der Waals surface area contributed by atoms with Gasteiger partial charge in [-0.2, -0.15) is 26.3 Å². The Hall–Kier alpha value is -4.44. The highest BCUT2D eigenvalue weighted by Gasteiger charge is 2.47. The molecule has 336 valence electrons. The Bertz CT molecular complexity index is 1990. The molecule has 0 saturated carbocycles. The van der Waals surface area contributed by atoms with E-state index in [0.29, 0.717) is 35.1 Å². The highest BCUT2D eigenvalue weighted by Crippen LogP contribution is 2.39. The summed E-state index contributed by atoms with van der Waals surface area (Å²) in [6.45, 7) is 9.96. The Morgan fingerprint density at radius 2 is 0.935 bits per heavy atom. The van der Waals surface area contributed by atoms with Crippen molar-refractivity contribution in [1.82, 2.24) is 10.6 Å². The van der Waals surface area contributed by atoms with Gasteiger partial charge in [0.1, 0.15) is 11.2 Å². The Morgan fingerprint density at radius 3 is 1.21 bits per heavy atom. The molecule has 2 unspecified atom stereocenters. The van der Waals surface area contributed by atoms with Gasteiger partial charge in [0.2, 0.25) is 0 Å². The fourth-order valence-electron chi connectivity index (χ4n) is 8.00. The summed E-state index contributed by atoms with van der Waals surface area (Å²) in [7, 11) is 0. The van der Waals surface area contributed by atoms with Gasteiger partial charge in [-0.25, -0.2) is 0 Å². The van der Waals surface area contributed by atoms with Crippen LogP contribution < -0.4 is 10.6 Å². The predicted molar refractivity (Wildman–Crippen MR) is 223 cm³/mol. The first-order valence-corrected chi connectivity index (χ1v) is 20.6. The van der Waals surface area contributed by atoms with Gasteiger partial charge in [0, 0.05) is 13.1 Å². The number of carbonyl (C=O) groups excluding carboxylic acids is 2. The molecule has 6 atom stereocenters. The van der Waals surface area contributed by atoms with Crippen molar-refractivity contribution >= 4 is 11.6 Å². The molecular formula is C48H56F6N2O6. The van der Waals surface area contributed by atoms with E-state index in [1.165, 1.54) is 13.8 Å². The number of carbonyl (C=O) groups is 2. The minimum absolute atomic E-state index is 0.0810. The smallest absolute Gasteiger partial charge is 0.381 e. The number of hydrogen-bond donors (Lipinski definition) is 4. The van der Waals surface area contributed by atoms with Gasteiger partial charge in [0.05, 0.1) is 47.6 Å². The van der Waals surface area contributed by atoms with Crippen LogP contribution in [0.2, 0.25) is 0 Å². The number of ether oxygens (including phenoxy) is 2. The average molecular weight is 871 g/mol. The van der Waals surface area contributed by atoms with E-state index in [0.717, 1.165) is 35.4 Å². The first-order valence-electron chi connectivity index (χ1n) is 20.6. The van der Waals surface area contributed by atoms with Gasteiger partial charge in [-0.1, -0.05) is 83.9 Å². The average Bonchev–Trinajstić information content (AvgIpc) is 3.23. The quantitative estimate of drug-likeness (QED) is 0.104. The van der Waals surface area contributed by atoms with Crippen molar-refractivity contribution in [2.75, 3.05) is 26.3 Å². The maximum absolute atomic E-state index is 13.2. The van der Waals surface area contributed by atoms with Gasteiger partial charge in [0.25, 0.3) is 0 Å². The first kappa shape index (κ1) is 48.6. The summed E-state index contributed by atoms with van der Waals surface area (Å²) in [5.74, 6) is -0.592. The summed E-state index contributed by atoms with van der Waals surface area (Å²) < 4.78 is 91.4. The molecule has 4 N–H and O–H groups in total. The van der Waals surface area contributed by atoms with Crippen LogP contribution in [-0.2, 0) is 42.5 Å². The van der Waals surface area contributed by atoms with Crippen molar-refractivity contribution in [2.24, 2.45) is 0 Å². The van der Waals surface area contributed by atoms with E-state index in [1.807, 2.05) is 60.7 Å². The lowest BCUT2D eigenvalue weighted by atomic mass is 9.76. The number of Topliss-reactive ketones (excluding diaryl/α,β-unsaturated/α-hetero) is 2. The van der Waals surface area contributed by atoms with Crippen molar-refractivity contribution in [3.63, 3.8) is 0 Å². The Labute approximate surface area is 359 Å². The molecule has 4 aromatic rings. The number of aliphatic hydroxyl groups is 2. The van der Waals surface area contributed by atoms with Crippen LogP contribution >= 0.6 is 0 Å². The van der Waals surface area contributed by atoms with Crippen LogP contribution in [0.3, 0.4) is 0 Å². The zero-order chi connectivity index (χ0) is 45.7. The fraction of sp³-hybridized carbons (Fsp3) is 0.458. The van der Waals surface area contributed by atoms with Gasteiger partial charge in [-0.3, -0.25) is 9.59 Å². The number of nitrogens with one attached hydrogen (secondary N) is 2. The topological polar surface area (TPSA) is 117 Å². The molecule has 0 amide bonds. The van der Waals surface area contributed by atoms with Crippen molar-refractivity contribution in [1.29, 1.82) is 0 Å². The molecule has 2 aliphatic rings. The molecule has 2 saturated heterocycles. The molecule has 4 aromatic carbocycles. The van der Waals surface area contributed by atoms with Crippen molar-refractivity contribution < 1.29 is 55.6 Å². The van der Waals surface area contributed by atoms with Crippen molar-refractivity contribution in [3.05, 3.63) is 142 Å². The Kier molecular flexibility index (Phi) is 15.0. The second kappa shape index (κ2) is 19.1. The lowest BCUT2D eigenvalue weighted by Crippen LogP contribution is -2.60. The van der Waals surface area contributed by atoms with E-state index < -0.39 is 58.0 Å². The van der Waals surface area contributed by atoms with Gasteiger partial charge in [-0.05, 0) is 114 Å². The largest absolute Gasteiger partial charge is 0.416 e. The summed E-state index contributed by atoms with van der Waals surface area (Å²) in [5, 5.41) is 27.7. The van der Waals surface area contributed by atoms with Gasteiger partial charge >= 0.3 is 12.4 Å². The Morgan fingerprint density at radius 1 is 0.597 bits per heavy atom. The van der Waals surface area contributed by atoms with Crippen LogP contribution in [-0.4, -0.2) is 59.3 Å². The third-order valence-corrected chi connectivity index (χ3v) is 12.3. The van der Waals surface area contributed by atoms with Gasteiger partial charge in [-0.15, -0.1) is 0 Å². The predicted octanol–water partition coefficient (Wildman–Crippen LogP) is 9.38. The number of rotatable bonds is 12. The minimum atomic E-state index is -4.42. The summed E-state index contributed by atoms with van der Waals surface area (Å²) in [5.41, 5.74) is -1.76. The van der Waals surface area contributed by atoms with Crippen LogP contribution in [0.25, 0.3) is 0 Å². The SMILES string of the molecule is CC(=O)C1(O)CC[C@@](CO[C@H](C)c2cc(C)cc(C(F)(F)F)c2)(c2ccccc2)NC1.CC(=O)C1(O)CC[C@@](CO[C@H](C)c2cc(C)cc(C(F)(F)F)c2)(c2ccccc2)NC1. The lowest BCUT2D eigenvalue weighted by Gasteiger charge is -2.44. The minimum Gasteiger partial charge on any atom is -0.381 e. The number of benzene rings is 4. The summed E-state index contributed by atoms with van der Waals surface area (Å²) >= 11 is 0. The molecule has 0 bridgehead atoms. The highest BCUT2D eigenvalue weighted by atomic mass is 19.4. The van der Waals surface area contributed by atoms with Crippen molar-refractivity contribution in [3.8, 4) is 0 Å². The van der Waals surface area contributed by atoms with E-state index in [2.05, 4.69) is 10.6 Å². The third kappa shape index (κ3) is 11.6. The van der Waals surface area contributed by atoms with Crippen LogP contribution in [0.4, 0.5) is 26.3 Å². The van der Waals surface area contributed by atoms with E-state index in [-0.39, 0.29) is 50.7 Å². The van der Waals surface area contributed by atoms with Crippen molar-refractivity contribution in [2.45, 2.75) is 114 Å². The molecule has 2 aliphatic heterocycles. The van der Waals surface area contributed by atoms with Gasteiger partial charge < -0.3 is 30.3 Å². The normalized spacial score (nSPS) is 25.3. The van der Waals surface area contributed by atoms with E-state index in [1.54, 1.807) is 39.8 Å². The van der Waals surface area contributed by atoms with Crippen LogP contribution in [0.5, 0.6) is 0 Å². The van der Waals surface area contributed by atoms with Crippen LogP contribution in [0.15, 0.2) is 97.1 Å². The Balaban J connectivity index is 0.000000234. The van der Waals surface area contributed by atoms with Crippen LogP contribution in [0.1, 0.15) is 110 Å². The molecule has 14 heteroatoms. The second-order valence-corrected chi connectivity index (χ2v) is 16.9. The zero-order valence-corrected chi connectivity index (χ0v) is 35.8. The molecule has 0 aromatic heterocycles. The summed E-state index contributed by atoms with van der Waals surface area (Å²) in [6, 6.07) is 27.0. The maximum atomic E-state index is 13.2. The molecule has 2 heterocycles. The van der Waals surface area contributed by atoms with Crippen LogP contribution in [0, 0.1) is 13.8 Å². The van der Waals surface area contributed by atoms with E-state index in [4.69, 9.17) is 9.47 Å². The molecule has 0 spiro atoms. The van der Waals surface area contributed by atoms with E-state index in [9.17, 15) is 46.1 Å². The molecule has 8 nitrogen and oxygen atoms in total. The number of piperidine rings is 2. The summed E-state index contributed by atoms with van der Waals surface area (Å²) in [4.78, 5) is 23.7. The molecule has 0 aliphatic carbocycles. The zero-order valence-electron chi connectivity index (χ0n) is 35.8. The number of halogens is 6. The number of hydrogen-bond acceptors (Lipinski definition) is 8. The van der Waals surface area contributed by atoms with Gasteiger partial charge in [0.15, 0.2) is 11.6 Å². The summed E-state index contributed by atoms with van der Waals surface area (Å²) in [6.07, 6.45) is -8.56.